The fourth-order valence-corrected chi connectivity index (χ4v) is 2.49. The van der Waals surface area contributed by atoms with Crippen LogP contribution in [-0.4, -0.2) is 40.5 Å². The second-order valence-electron chi connectivity index (χ2n) is 5.57. The Hall–Kier alpha value is -3.03. The quantitative estimate of drug-likeness (QED) is 0.447. The summed E-state index contributed by atoms with van der Waals surface area (Å²) in [7, 11) is 0. The fraction of sp³-hybridized carbons (Fsp3) is 0.353. The number of carbonyl (C=O) groups excluding carboxylic acids is 1. The van der Waals surface area contributed by atoms with Crippen molar-refractivity contribution in [2.75, 3.05) is 18.0 Å². The zero-order valence-electron chi connectivity index (χ0n) is 14.6. The van der Waals surface area contributed by atoms with Gasteiger partial charge in [-0.15, -0.1) is 0 Å². The Balaban J connectivity index is 2.00. The summed E-state index contributed by atoms with van der Waals surface area (Å²) >= 11 is 0. The third-order valence-electron chi connectivity index (χ3n) is 3.96. The number of phenolic OH excluding ortho intramolecular Hbond substituents is 1. The normalized spacial score (nSPS) is 11.0. The largest absolute Gasteiger partial charge is 0.507 e. The average Bonchev–Trinajstić information content (AvgIpc) is 2.90. The van der Waals surface area contributed by atoms with Gasteiger partial charge in [-0.2, -0.15) is 5.10 Å². The number of carbonyl (C=O) groups is 1. The van der Waals surface area contributed by atoms with Gasteiger partial charge in [0.1, 0.15) is 5.75 Å². The van der Waals surface area contributed by atoms with Crippen LogP contribution in [0.15, 0.2) is 28.1 Å². The highest BCUT2D eigenvalue weighted by Crippen LogP contribution is 2.23. The third-order valence-corrected chi connectivity index (χ3v) is 3.96. The number of aromatic nitrogens is 2. The second kappa shape index (κ2) is 8.18. The van der Waals surface area contributed by atoms with Crippen molar-refractivity contribution in [1.82, 2.24) is 15.6 Å². The Bertz CT molecular complexity index is 818. The van der Waals surface area contributed by atoms with Crippen LogP contribution >= 0.6 is 0 Å². The van der Waals surface area contributed by atoms with E-state index in [9.17, 15) is 14.7 Å². The van der Waals surface area contributed by atoms with Crippen LogP contribution in [0.2, 0.25) is 0 Å². The summed E-state index contributed by atoms with van der Waals surface area (Å²) in [6.45, 7) is 7.49. The number of anilines is 1. The maximum absolute atomic E-state index is 11.9. The lowest BCUT2D eigenvalue weighted by molar-refractivity contribution is -0.120. The number of nitrogens with one attached hydrogen (secondary N) is 3. The van der Waals surface area contributed by atoms with E-state index < -0.39 is 5.91 Å². The minimum Gasteiger partial charge on any atom is -0.507 e. The van der Waals surface area contributed by atoms with Crippen molar-refractivity contribution in [1.29, 1.82) is 0 Å². The number of aryl methyl sites for hydroxylation is 1. The predicted octanol–water partition coefficient (Wildman–Crippen LogP) is 1.26. The molecule has 0 aliphatic heterocycles. The molecule has 0 aliphatic carbocycles. The van der Waals surface area contributed by atoms with Crippen LogP contribution in [-0.2, 0) is 11.2 Å². The van der Waals surface area contributed by atoms with Crippen molar-refractivity contribution in [2.45, 2.75) is 27.2 Å². The van der Waals surface area contributed by atoms with Crippen molar-refractivity contribution < 1.29 is 9.90 Å². The molecular weight excluding hydrogens is 322 g/mol. The lowest BCUT2D eigenvalue weighted by atomic mass is 10.2. The summed E-state index contributed by atoms with van der Waals surface area (Å²) < 4.78 is 0. The van der Waals surface area contributed by atoms with Gasteiger partial charge in [0, 0.05) is 41.7 Å². The number of phenols is 1. The smallest absolute Gasteiger partial charge is 0.267 e. The van der Waals surface area contributed by atoms with Gasteiger partial charge in [-0.05, 0) is 32.9 Å². The highest BCUT2D eigenvalue weighted by Gasteiger charge is 2.11. The Morgan fingerprint density at radius 2 is 2.04 bits per heavy atom. The minimum absolute atomic E-state index is 0.0745. The van der Waals surface area contributed by atoms with Crippen molar-refractivity contribution >= 4 is 17.8 Å². The molecule has 8 nitrogen and oxygen atoms in total. The first-order valence-electron chi connectivity index (χ1n) is 8.12. The fourth-order valence-electron chi connectivity index (χ4n) is 2.49. The number of aromatic hydroxyl groups is 1. The highest BCUT2D eigenvalue weighted by molar-refractivity contribution is 5.86. The van der Waals surface area contributed by atoms with Crippen LogP contribution < -0.4 is 15.9 Å². The number of amides is 1. The van der Waals surface area contributed by atoms with E-state index in [2.05, 4.69) is 25.6 Å². The molecule has 2 aromatic rings. The van der Waals surface area contributed by atoms with Crippen LogP contribution in [0.1, 0.15) is 30.7 Å². The molecule has 0 spiro atoms. The molecule has 1 aromatic carbocycles. The third kappa shape index (κ3) is 4.50. The molecule has 0 bridgehead atoms. The van der Waals surface area contributed by atoms with Crippen LogP contribution in [0.25, 0.3) is 0 Å². The zero-order chi connectivity index (χ0) is 18.4. The average molecular weight is 345 g/mol. The number of H-pyrrole nitrogens is 2. The molecule has 25 heavy (non-hydrogen) atoms. The predicted molar refractivity (Wildman–Crippen MR) is 97.3 cm³/mol. The zero-order valence-corrected chi connectivity index (χ0v) is 14.6. The first kappa shape index (κ1) is 18.3. The molecule has 0 saturated carbocycles. The van der Waals surface area contributed by atoms with E-state index in [0.29, 0.717) is 16.8 Å². The highest BCUT2D eigenvalue weighted by atomic mass is 16.3. The summed E-state index contributed by atoms with van der Waals surface area (Å²) in [6.07, 6.45) is 1.29. The van der Waals surface area contributed by atoms with Gasteiger partial charge >= 0.3 is 0 Å². The Morgan fingerprint density at radius 3 is 2.60 bits per heavy atom. The first-order valence-corrected chi connectivity index (χ1v) is 8.12. The number of rotatable bonds is 7. The molecule has 8 heteroatoms. The maximum atomic E-state index is 11.9. The van der Waals surface area contributed by atoms with Crippen molar-refractivity contribution in [2.24, 2.45) is 5.10 Å². The molecule has 0 unspecified atom stereocenters. The maximum Gasteiger partial charge on any atom is 0.267 e. The number of hydrogen-bond donors (Lipinski definition) is 4. The molecule has 134 valence electrons. The Kier molecular flexibility index (Phi) is 5.99. The summed E-state index contributed by atoms with van der Waals surface area (Å²) in [6, 6.07) is 5.29. The molecule has 1 aromatic heterocycles. The molecular formula is C17H23N5O3. The topological polar surface area (TPSA) is 114 Å². The molecule has 0 saturated heterocycles. The van der Waals surface area contributed by atoms with E-state index in [0.717, 1.165) is 18.8 Å². The SMILES string of the molecule is CCN(CC)c1ccc(/C=N\NC(=O)Cc2c(C)[nH][nH]c2=O)c(O)c1. The summed E-state index contributed by atoms with van der Waals surface area (Å²) in [5.74, 6) is -0.330. The number of aromatic amines is 2. The number of hydrogen-bond acceptors (Lipinski definition) is 5. The van der Waals surface area contributed by atoms with Crippen LogP contribution in [0.3, 0.4) is 0 Å². The van der Waals surface area contributed by atoms with Crippen LogP contribution in [0.4, 0.5) is 5.69 Å². The standard InChI is InChI=1S/C17H23N5O3/c1-4-22(5-2)13-7-6-12(15(23)8-13)10-18-20-16(24)9-14-11(3)19-21-17(14)25/h6-8,10,23H,4-5,9H2,1-3H3,(H,20,24)(H2,19,21,25)/b18-10-. The van der Waals surface area contributed by atoms with Gasteiger partial charge < -0.3 is 15.1 Å². The Morgan fingerprint density at radius 1 is 1.32 bits per heavy atom. The van der Waals surface area contributed by atoms with Crippen molar-refractivity contribution in [3.63, 3.8) is 0 Å². The summed E-state index contributed by atoms with van der Waals surface area (Å²) in [5.41, 5.74) is 4.44. The lowest BCUT2D eigenvalue weighted by Crippen LogP contribution is -2.23. The lowest BCUT2D eigenvalue weighted by Gasteiger charge is -2.21. The minimum atomic E-state index is -0.413. The van der Waals surface area contributed by atoms with Gasteiger partial charge in [-0.25, -0.2) is 5.43 Å². The number of nitrogens with zero attached hydrogens (tertiary/aromatic N) is 2. The molecule has 0 fully saturated rings. The number of hydrazone groups is 1. The monoisotopic (exact) mass is 345 g/mol. The van der Waals surface area contributed by atoms with E-state index in [1.165, 1.54) is 6.21 Å². The van der Waals surface area contributed by atoms with E-state index in [1.54, 1.807) is 19.1 Å². The molecule has 0 aliphatic rings. The van der Waals surface area contributed by atoms with Crippen molar-refractivity contribution in [3.8, 4) is 5.75 Å². The molecule has 0 atom stereocenters. The Labute approximate surface area is 145 Å². The van der Waals surface area contributed by atoms with Gasteiger partial charge in [-0.3, -0.25) is 14.7 Å². The molecule has 1 heterocycles. The van der Waals surface area contributed by atoms with Gasteiger partial charge in [0.05, 0.1) is 12.6 Å². The van der Waals surface area contributed by atoms with Crippen molar-refractivity contribution in [3.05, 3.63) is 45.4 Å². The van der Waals surface area contributed by atoms with E-state index in [1.807, 2.05) is 19.9 Å². The van der Waals surface area contributed by atoms with Gasteiger partial charge in [0.25, 0.3) is 5.56 Å². The molecule has 1 amide bonds. The summed E-state index contributed by atoms with van der Waals surface area (Å²) in [5, 5.41) is 19.0. The molecule has 2 rings (SSSR count). The molecule has 0 radical (unpaired) electrons. The van der Waals surface area contributed by atoms with Gasteiger partial charge in [0.2, 0.25) is 5.91 Å². The van der Waals surface area contributed by atoms with Crippen LogP contribution in [0.5, 0.6) is 5.75 Å². The number of benzene rings is 1. The van der Waals surface area contributed by atoms with E-state index >= 15 is 0 Å². The van der Waals surface area contributed by atoms with Gasteiger partial charge in [0.15, 0.2) is 0 Å². The first-order chi connectivity index (χ1) is 12.0. The summed E-state index contributed by atoms with van der Waals surface area (Å²) in [4.78, 5) is 25.5. The van der Waals surface area contributed by atoms with Crippen LogP contribution in [0, 0.1) is 6.92 Å². The second-order valence-corrected chi connectivity index (χ2v) is 5.57. The molecule has 4 N–H and O–H groups in total. The van der Waals surface area contributed by atoms with E-state index in [-0.39, 0.29) is 17.7 Å². The van der Waals surface area contributed by atoms with E-state index in [4.69, 9.17) is 0 Å². The van der Waals surface area contributed by atoms with Gasteiger partial charge in [-0.1, -0.05) is 0 Å².